The summed E-state index contributed by atoms with van der Waals surface area (Å²) >= 11 is 0. The summed E-state index contributed by atoms with van der Waals surface area (Å²) in [5, 5.41) is 3.76. The number of piperidine rings is 1. The average molecular weight is 224 g/mol. The van der Waals surface area contributed by atoms with Crippen molar-refractivity contribution in [1.29, 1.82) is 0 Å². The molecule has 0 spiro atoms. The second kappa shape index (κ2) is 5.05. The van der Waals surface area contributed by atoms with Gasteiger partial charge < -0.3 is 10.2 Å². The molecule has 0 aromatic carbocycles. The maximum atomic E-state index is 3.76. The number of likely N-dealkylation sites (tertiary alicyclic amines) is 1. The van der Waals surface area contributed by atoms with E-state index < -0.39 is 0 Å². The molecule has 2 fully saturated rings. The van der Waals surface area contributed by atoms with Gasteiger partial charge in [-0.05, 0) is 72.0 Å². The Balaban J connectivity index is 1.66. The lowest BCUT2D eigenvalue weighted by molar-refractivity contribution is 0.171. The summed E-state index contributed by atoms with van der Waals surface area (Å²) in [5.74, 6) is 0.941. The Morgan fingerprint density at radius 3 is 2.56 bits per heavy atom. The van der Waals surface area contributed by atoms with Gasteiger partial charge in [-0.15, -0.1) is 0 Å². The number of rotatable bonds is 5. The van der Waals surface area contributed by atoms with Crippen LogP contribution in [0, 0.1) is 5.92 Å². The van der Waals surface area contributed by atoms with Gasteiger partial charge >= 0.3 is 0 Å². The van der Waals surface area contributed by atoms with Crippen molar-refractivity contribution in [3.8, 4) is 0 Å². The van der Waals surface area contributed by atoms with Gasteiger partial charge in [0.05, 0.1) is 0 Å². The molecule has 2 heteroatoms. The van der Waals surface area contributed by atoms with E-state index in [1.54, 1.807) is 0 Å². The lowest BCUT2D eigenvalue weighted by Gasteiger charge is -2.34. The van der Waals surface area contributed by atoms with Crippen LogP contribution < -0.4 is 5.32 Å². The molecule has 1 saturated heterocycles. The van der Waals surface area contributed by atoms with Crippen molar-refractivity contribution in [2.45, 2.75) is 64.0 Å². The van der Waals surface area contributed by atoms with Gasteiger partial charge in [0.15, 0.2) is 0 Å². The smallest absolute Gasteiger partial charge is 0.0153 e. The van der Waals surface area contributed by atoms with Gasteiger partial charge in [-0.1, -0.05) is 6.42 Å². The lowest BCUT2D eigenvalue weighted by atomic mass is 9.96. The molecule has 1 heterocycles. The molecule has 94 valence electrons. The normalized spacial score (nSPS) is 28.3. The Bertz CT molecular complexity index is 221. The maximum Gasteiger partial charge on any atom is 0.0153 e. The molecule has 16 heavy (non-hydrogen) atoms. The van der Waals surface area contributed by atoms with E-state index in [0.29, 0.717) is 5.54 Å². The molecule has 0 radical (unpaired) electrons. The lowest BCUT2D eigenvalue weighted by Crippen LogP contribution is -2.44. The summed E-state index contributed by atoms with van der Waals surface area (Å²) in [5.41, 5.74) is 0.382. The first-order valence-electron chi connectivity index (χ1n) is 7.05. The minimum Gasteiger partial charge on any atom is -0.311 e. The van der Waals surface area contributed by atoms with Crippen LogP contribution in [-0.2, 0) is 0 Å². The van der Waals surface area contributed by atoms with Crippen molar-refractivity contribution in [3.63, 3.8) is 0 Å². The zero-order valence-corrected chi connectivity index (χ0v) is 11.3. The van der Waals surface area contributed by atoms with Crippen LogP contribution in [0.25, 0.3) is 0 Å². The monoisotopic (exact) mass is 224 g/mol. The number of nitrogens with zero attached hydrogens (tertiary/aromatic N) is 1. The van der Waals surface area contributed by atoms with Crippen molar-refractivity contribution in [2.75, 3.05) is 20.1 Å². The zero-order chi connectivity index (χ0) is 11.6. The molecular weight excluding hydrogens is 196 g/mol. The predicted octanol–water partition coefficient (Wildman–Crippen LogP) is 2.64. The third-order valence-electron chi connectivity index (χ3n) is 4.58. The minimum absolute atomic E-state index is 0.382. The van der Waals surface area contributed by atoms with Gasteiger partial charge in [0.25, 0.3) is 0 Å². The van der Waals surface area contributed by atoms with Crippen LogP contribution >= 0.6 is 0 Å². The maximum absolute atomic E-state index is 3.76. The zero-order valence-electron chi connectivity index (χ0n) is 11.3. The van der Waals surface area contributed by atoms with Gasteiger partial charge in [0, 0.05) is 11.6 Å². The van der Waals surface area contributed by atoms with Crippen LogP contribution in [0.1, 0.15) is 52.4 Å². The van der Waals surface area contributed by atoms with E-state index in [2.05, 4.69) is 31.1 Å². The van der Waals surface area contributed by atoms with Crippen molar-refractivity contribution >= 4 is 0 Å². The summed E-state index contributed by atoms with van der Waals surface area (Å²) < 4.78 is 0. The van der Waals surface area contributed by atoms with E-state index in [0.717, 1.165) is 12.0 Å². The first-order valence-corrected chi connectivity index (χ1v) is 7.05. The predicted molar refractivity (Wildman–Crippen MR) is 69.7 cm³/mol. The molecule has 1 aliphatic heterocycles. The van der Waals surface area contributed by atoms with E-state index in [1.165, 1.54) is 51.6 Å². The van der Waals surface area contributed by atoms with Crippen molar-refractivity contribution < 1.29 is 0 Å². The number of hydrogen-bond acceptors (Lipinski definition) is 2. The third kappa shape index (κ3) is 3.21. The fourth-order valence-electron chi connectivity index (χ4n) is 3.02. The summed E-state index contributed by atoms with van der Waals surface area (Å²) in [6.07, 6.45) is 8.43. The summed E-state index contributed by atoms with van der Waals surface area (Å²) in [4.78, 5) is 2.55. The molecule has 0 aromatic rings. The standard InChI is InChI=1S/C14H28N2/c1-14(2,12-7-8-12)15-10-9-13-6-4-5-11-16(13)3/h12-13,15H,4-11H2,1-3H3. The molecule has 1 atom stereocenters. The van der Waals surface area contributed by atoms with E-state index in [-0.39, 0.29) is 0 Å². The first kappa shape index (κ1) is 12.4. The second-order valence-electron chi connectivity index (χ2n) is 6.34. The summed E-state index contributed by atoms with van der Waals surface area (Å²) in [6.45, 7) is 7.24. The van der Waals surface area contributed by atoms with Crippen molar-refractivity contribution in [1.82, 2.24) is 10.2 Å². The van der Waals surface area contributed by atoms with Gasteiger partial charge in [0.2, 0.25) is 0 Å². The Kier molecular flexibility index (Phi) is 3.91. The molecule has 2 rings (SSSR count). The highest BCUT2D eigenvalue weighted by Gasteiger charge is 2.37. The van der Waals surface area contributed by atoms with Gasteiger partial charge in [-0.25, -0.2) is 0 Å². The van der Waals surface area contributed by atoms with E-state index in [1.807, 2.05) is 0 Å². The van der Waals surface area contributed by atoms with Gasteiger partial charge in [-0.3, -0.25) is 0 Å². The molecule has 1 saturated carbocycles. The Morgan fingerprint density at radius 2 is 1.94 bits per heavy atom. The van der Waals surface area contributed by atoms with Crippen LogP contribution in [0.15, 0.2) is 0 Å². The summed E-state index contributed by atoms with van der Waals surface area (Å²) in [6, 6.07) is 0.830. The minimum atomic E-state index is 0.382. The fourth-order valence-corrected chi connectivity index (χ4v) is 3.02. The van der Waals surface area contributed by atoms with Gasteiger partial charge in [0.1, 0.15) is 0 Å². The molecule has 2 nitrogen and oxygen atoms in total. The van der Waals surface area contributed by atoms with Crippen molar-refractivity contribution in [3.05, 3.63) is 0 Å². The van der Waals surface area contributed by atoms with Crippen LogP contribution in [0.2, 0.25) is 0 Å². The van der Waals surface area contributed by atoms with Crippen LogP contribution in [0.4, 0.5) is 0 Å². The Labute approximate surface area is 101 Å². The quantitative estimate of drug-likeness (QED) is 0.772. The molecule has 1 N–H and O–H groups in total. The number of nitrogens with one attached hydrogen (secondary N) is 1. The highest BCUT2D eigenvalue weighted by Crippen LogP contribution is 2.39. The van der Waals surface area contributed by atoms with E-state index in [4.69, 9.17) is 0 Å². The second-order valence-corrected chi connectivity index (χ2v) is 6.34. The fraction of sp³-hybridized carbons (Fsp3) is 1.00. The van der Waals surface area contributed by atoms with Crippen LogP contribution in [0.5, 0.6) is 0 Å². The van der Waals surface area contributed by atoms with Crippen LogP contribution in [-0.4, -0.2) is 36.6 Å². The highest BCUT2D eigenvalue weighted by atomic mass is 15.1. The topological polar surface area (TPSA) is 15.3 Å². The number of hydrogen-bond donors (Lipinski definition) is 1. The highest BCUT2D eigenvalue weighted by molar-refractivity contribution is 4.94. The molecule has 2 aliphatic rings. The van der Waals surface area contributed by atoms with Crippen molar-refractivity contribution in [2.24, 2.45) is 5.92 Å². The van der Waals surface area contributed by atoms with E-state index >= 15 is 0 Å². The Morgan fingerprint density at radius 1 is 1.19 bits per heavy atom. The average Bonchev–Trinajstić information content (AvgIpc) is 3.04. The van der Waals surface area contributed by atoms with Crippen LogP contribution in [0.3, 0.4) is 0 Å². The molecule has 0 amide bonds. The summed E-state index contributed by atoms with van der Waals surface area (Å²) in [7, 11) is 2.29. The third-order valence-corrected chi connectivity index (χ3v) is 4.58. The van der Waals surface area contributed by atoms with Gasteiger partial charge in [-0.2, -0.15) is 0 Å². The molecule has 1 unspecified atom stereocenters. The Hall–Kier alpha value is -0.0800. The largest absolute Gasteiger partial charge is 0.311 e. The molecule has 1 aliphatic carbocycles. The molecular formula is C14H28N2. The molecule has 0 aromatic heterocycles. The molecule has 0 bridgehead atoms. The first-order chi connectivity index (χ1) is 7.59. The van der Waals surface area contributed by atoms with E-state index in [9.17, 15) is 0 Å². The SMILES string of the molecule is CN1CCCCC1CCNC(C)(C)C1CC1.